The predicted molar refractivity (Wildman–Crippen MR) is 92.8 cm³/mol. The summed E-state index contributed by atoms with van der Waals surface area (Å²) in [5, 5.41) is 3.70. The Morgan fingerprint density at radius 1 is 1.24 bits per heavy atom. The lowest BCUT2D eigenvalue weighted by atomic mass is 9.95. The zero-order chi connectivity index (χ0) is 14.8. The summed E-state index contributed by atoms with van der Waals surface area (Å²) in [7, 11) is 0. The zero-order valence-electron chi connectivity index (χ0n) is 11.8. The summed E-state index contributed by atoms with van der Waals surface area (Å²) in [6.07, 6.45) is 4.59. The molecule has 0 unspecified atom stereocenters. The number of fused-ring (bicyclic) bond motifs is 1. The molecule has 0 radical (unpaired) electrons. The van der Waals surface area contributed by atoms with Crippen LogP contribution in [0, 0.1) is 0 Å². The largest absolute Gasteiger partial charge is 0.241 e. The topological polar surface area (TPSA) is 25.8 Å². The highest BCUT2D eigenvalue weighted by atomic mass is 35.5. The van der Waals surface area contributed by atoms with Gasteiger partial charge in [0.15, 0.2) is 0 Å². The number of benzene rings is 1. The minimum atomic E-state index is 0.398. The molecule has 5 heteroatoms. The third kappa shape index (κ3) is 3.07. The second-order valence-corrected chi connectivity index (χ2v) is 7.11. The van der Waals surface area contributed by atoms with E-state index in [1.165, 1.54) is 10.5 Å². The highest BCUT2D eigenvalue weighted by Crippen LogP contribution is 2.32. The van der Waals surface area contributed by atoms with E-state index < -0.39 is 0 Å². The molecule has 0 N–H and O–H groups in total. The highest BCUT2D eigenvalue weighted by Gasteiger charge is 2.14. The third-order valence-corrected chi connectivity index (χ3v) is 5.65. The molecule has 108 valence electrons. The van der Waals surface area contributed by atoms with Crippen molar-refractivity contribution in [2.45, 2.75) is 24.2 Å². The first kappa shape index (κ1) is 14.8. The summed E-state index contributed by atoms with van der Waals surface area (Å²) in [5.74, 6) is 0.398. The van der Waals surface area contributed by atoms with Crippen molar-refractivity contribution < 1.29 is 0 Å². The van der Waals surface area contributed by atoms with Crippen LogP contribution in [0.4, 0.5) is 0 Å². The van der Waals surface area contributed by atoms with Gasteiger partial charge in [-0.2, -0.15) is 0 Å². The number of halogens is 1. The number of thiophene rings is 1. The van der Waals surface area contributed by atoms with Gasteiger partial charge in [0.25, 0.3) is 0 Å². The Morgan fingerprint density at radius 2 is 2.00 bits per heavy atom. The van der Waals surface area contributed by atoms with Crippen LogP contribution in [0.1, 0.15) is 24.1 Å². The molecular weight excluding hydrogens is 320 g/mol. The first-order chi connectivity index (χ1) is 10.2. The van der Waals surface area contributed by atoms with Crippen molar-refractivity contribution in [2.24, 2.45) is 0 Å². The smallest absolute Gasteiger partial charge is 0.128 e. The zero-order valence-corrected chi connectivity index (χ0v) is 14.2. The van der Waals surface area contributed by atoms with E-state index in [9.17, 15) is 0 Å². The average Bonchev–Trinajstić information content (AvgIpc) is 2.90. The van der Waals surface area contributed by atoms with Gasteiger partial charge in [-0.15, -0.1) is 23.1 Å². The quantitative estimate of drug-likeness (QED) is 0.596. The van der Waals surface area contributed by atoms with Gasteiger partial charge in [0.2, 0.25) is 0 Å². The van der Waals surface area contributed by atoms with Gasteiger partial charge in [-0.25, -0.2) is 9.97 Å². The van der Waals surface area contributed by atoms with Gasteiger partial charge < -0.3 is 0 Å². The van der Waals surface area contributed by atoms with Crippen LogP contribution in [-0.2, 0) is 6.42 Å². The molecule has 0 saturated carbocycles. The molecule has 0 spiro atoms. The molecule has 0 amide bonds. The Labute approximate surface area is 137 Å². The Bertz CT molecular complexity index is 753. The van der Waals surface area contributed by atoms with Crippen LogP contribution >= 0.6 is 34.7 Å². The van der Waals surface area contributed by atoms with Crippen LogP contribution in [0.2, 0.25) is 5.02 Å². The van der Waals surface area contributed by atoms with Gasteiger partial charge in [0, 0.05) is 10.3 Å². The minimum Gasteiger partial charge on any atom is -0.241 e. The van der Waals surface area contributed by atoms with Crippen molar-refractivity contribution in [3.8, 4) is 0 Å². The molecule has 1 atom stereocenters. The van der Waals surface area contributed by atoms with Crippen LogP contribution in [0.5, 0.6) is 0 Å². The van der Waals surface area contributed by atoms with Gasteiger partial charge >= 0.3 is 0 Å². The lowest BCUT2D eigenvalue weighted by Gasteiger charge is -2.12. The van der Waals surface area contributed by atoms with E-state index in [0.29, 0.717) is 5.92 Å². The Kier molecular flexibility index (Phi) is 4.48. The molecule has 3 rings (SSSR count). The van der Waals surface area contributed by atoms with Crippen LogP contribution in [-0.4, -0.2) is 16.2 Å². The molecule has 2 aromatic heterocycles. The number of thioether (sulfide) groups is 1. The maximum Gasteiger partial charge on any atom is 0.128 e. The van der Waals surface area contributed by atoms with E-state index in [1.54, 1.807) is 29.4 Å². The van der Waals surface area contributed by atoms with E-state index in [4.69, 9.17) is 11.6 Å². The number of rotatable bonds is 4. The second-order valence-electron chi connectivity index (χ2n) is 4.96. The van der Waals surface area contributed by atoms with Crippen molar-refractivity contribution in [2.75, 3.05) is 6.26 Å². The summed E-state index contributed by atoms with van der Waals surface area (Å²) >= 11 is 9.61. The second kappa shape index (κ2) is 6.34. The summed E-state index contributed by atoms with van der Waals surface area (Å²) < 4.78 is 0. The molecular formula is C16H15ClN2S2. The summed E-state index contributed by atoms with van der Waals surface area (Å²) in [4.78, 5) is 11.0. The predicted octanol–water partition coefficient (Wildman–Crippen LogP) is 5.41. The number of hydrogen-bond donors (Lipinski definition) is 0. The van der Waals surface area contributed by atoms with E-state index >= 15 is 0 Å². The van der Waals surface area contributed by atoms with E-state index in [-0.39, 0.29) is 0 Å². The molecule has 0 aliphatic heterocycles. The monoisotopic (exact) mass is 334 g/mol. The van der Waals surface area contributed by atoms with Crippen molar-refractivity contribution in [3.63, 3.8) is 0 Å². The molecule has 1 aromatic carbocycles. The summed E-state index contributed by atoms with van der Waals surface area (Å²) in [5.41, 5.74) is 2.36. The van der Waals surface area contributed by atoms with E-state index in [0.717, 1.165) is 27.4 Å². The van der Waals surface area contributed by atoms with E-state index in [1.807, 2.05) is 5.38 Å². The minimum absolute atomic E-state index is 0.398. The van der Waals surface area contributed by atoms with Crippen LogP contribution in [0.3, 0.4) is 0 Å². The van der Waals surface area contributed by atoms with Crippen molar-refractivity contribution in [1.82, 2.24) is 9.97 Å². The van der Waals surface area contributed by atoms with Gasteiger partial charge in [0.1, 0.15) is 11.2 Å². The maximum absolute atomic E-state index is 6.27. The Hall–Kier alpha value is -1.10. The van der Waals surface area contributed by atoms with Gasteiger partial charge in [-0.1, -0.05) is 30.7 Å². The van der Waals surface area contributed by atoms with Crippen molar-refractivity contribution in [1.29, 1.82) is 0 Å². The highest BCUT2D eigenvalue weighted by molar-refractivity contribution is 7.98. The number of nitrogens with zero attached hydrogens (tertiary/aromatic N) is 2. The average molecular weight is 335 g/mol. The van der Waals surface area contributed by atoms with Crippen LogP contribution in [0.25, 0.3) is 10.2 Å². The Balaban J connectivity index is 1.88. The fourth-order valence-corrected chi connectivity index (χ4v) is 3.98. The fraction of sp³-hybridized carbons (Fsp3) is 0.250. The van der Waals surface area contributed by atoms with Crippen LogP contribution < -0.4 is 0 Å². The lowest BCUT2D eigenvalue weighted by Crippen LogP contribution is -2.01. The molecule has 21 heavy (non-hydrogen) atoms. The molecule has 0 aliphatic carbocycles. The molecule has 3 aromatic rings. The third-order valence-electron chi connectivity index (χ3n) is 3.59. The van der Waals surface area contributed by atoms with Gasteiger partial charge in [-0.3, -0.25) is 0 Å². The molecule has 2 nitrogen and oxygen atoms in total. The maximum atomic E-state index is 6.27. The Morgan fingerprint density at radius 3 is 2.71 bits per heavy atom. The first-order valence-electron chi connectivity index (χ1n) is 6.69. The van der Waals surface area contributed by atoms with Gasteiger partial charge in [-0.05, 0) is 36.3 Å². The molecule has 0 bridgehead atoms. The lowest BCUT2D eigenvalue weighted by molar-refractivity contribution is 0.744. The van der Waals surface area contributed by atoms with Crippen molar-refractivity contribution >= 4 is 44.9 Å². The molecule has 0 saturated heterocycles. The van der Waals surface area contributed by atoms with Crippen molar-refractivity contribution in [3.05, 3.63) is 52.3 Å². The normalized spacial score (nSPS) is 12.7. The molecule has 0 aliphatic rings. The van der Waals surface area contributed by atoms with E-state index in [2.05, 4.69) is 47.4 Å². The first-order valence-corrected chi connectivity index (χ1v) is 9.18. The molecule has 0 fully saturated rings. The molecule has 2 heterocycles. The van der Waals surface area contributed by atoms with Crippen LogP contribution in [0.15, 0.2) is 40.9 Å². The standard InChI is InChI=1S/C16H15ClN2S2/c1-10(11-3-5-12(20-2)6-4-11)7-14-15-13(17)8-21-16(15)19-9-18-14/h3-6,8-10H,7H2,1-2H3/t10-/m1/s1. The summed E-state index contributed by atoms with van der Waals surface area (Å²) in [6, 6.07) is 8.74. The SMILES string of the molecule is CSc1ccc([C@H](C)Cc2ncnc3scc(Cl)c23)cc1. The number of aromatic nitrogens is 2. The summed E-state index contributed by atoms with van der Waals surface area (Å²) in [6.45, 7) is 2.22. The fourth-order valence-electron chi connectivity index (χ4n) is 2.39. The van der Waals surface area contributed by atoms with Gasteiger partial charge in [0.05, 0.1) is 16.1 Å². The number of hydrogen-bond acceptors (Lipinski definition) is 4.